The van der Waals surface area contributed by atoms with Crippen LogP contribution < -0.4 is 0 Å². The summed E-state index contributed by atoms with van der Waals surface area (Å²) in [4.78, 5) is 31.0. The molecule has 5 nitrogen and oxygen atoms in total. The molecule has 0 unspecified atom stereocenters. The van der Waals surface area contributed by atoms with Gasteiger partial charge in [0.25, 0.3) is 0 Å². The number of allylic oxidation sites excluding steroid dienone is 1. The molecule has 0 N–H and O–H groups in total. The minimum absolute atomic E-state index is 0.119. The van der Waals surface area contributed by atoms with Crippen molar-refractivity contribution in [3.05, 3.63) is 113 Å². The molecule has 5 heteroatoms. The summed E-state index contributed by atoms with van der Waals surface area (Å²) in [5.74, 6) is 0.630. The van der Waals surface area contributed by atoms with Crippen molar-refractivity contribution in [2.75, 3.05) is 0 Å². The van der Waals surface area contributed by atoms with E-state index in [1.54, 1.807) is 18.2 Å². The lowest BCUT2D eigenvalue weighted by molar-refractivity contribution is 0.0990. The van der Waals surface area contributed by atoms with Crippen LogP contribution in [0.15, 0.2) is 88.9 Å². The number of aromatic nitrogens is 2. The van der Waals surface area contributed by atoms with E-state index >= 15 is 0 Å². The Balaban J connectivity index is 1.54. The first kappa shape index (κ1) is 20.1. The number of fused-ring (bicyclic) bond motifs is 2. The number of furan rings is 1. The van der Waals surface area contributed by atoms with Crippen molar-refractivity contribution >= 4 is 28.9 Å². The van der Waals surface area contributed by atoms with Gasteiger partial charge >= 0.3 is 0 Å². The second kappa shape index (κ2) is 7.52. The molecule has 0 atom stereocenters. The lowest BCUT2D eigenvalue weighted by atomic mass is 10.0. The second-order valence-electron chi connectivity index (χ2n) is 8.51. The smallest absolute Gasteiger partial charge is 0.246 e. The Hall–Kier alpha value is -4.51. The van der Waals surface area contributed by atoms with Gasteiger partial charge in [0, 0.05) is 28.4 Å². The Morgan fingerprint density at radius 2 is 1.38 bits per heavy atom. The molecule has 0 saturated heterocycles. The van der Waals surface area contributed by atoms with Crippen LogP contribution in [0.4, 0.5) is 0 Å². The second-order valence-corrected chi connectivity index (χ2v) is 8.51. The zero-order valence-electron chi connectivity index (χ0n) is 18.7. The summed E-state index contributed by atoms with van der Waals surface area (Å²) in [5.41, 5.74) is 6.00. The van der Waals surface area contributed by atoms with Crippen LogP contribution in [0, 0.1) is 13.8 Å². The summed E-state index contributed by atoms with van der Waals surface area (Å²) >= 11 is 0. The highest BCUT2D eigenvalue weighted by Crippen LogP contribution is 2.34. The monoisotopic (exact) mass is 444 g/mol. The molecule has 0 amide bonds. The highest BCUT2D eigenvalue weighted by molar-refractivity contribution is 6.41. The average Bonchev–Trinajstić information content (AvgIpc) is 3.47. The third-order valence-corrected chi connectivity index (χ3v) is 6.34. The average molecular weight is 444 g/mol. The molecule has 0 fully saturated rings. The first-order valence-corrected chi connectivity index (χ1v) is 11.1. The Bertz CT molecular complexity index is 1590. The van der Waals surface area contributed by atoms with E-state index in [0.29, 0.717) is 28.4 Å². The third-order valence-electron chi connectivity index (χ3n) is 6.34. The fourth-order valence-corrected chi connectivity index (χ4v) is 4.42. The van der Waals surface area contributed by atoms with Gasteiger partial charge in [-0.05, 0) is 55.3 Å². The normalized spacial score (nSPS) is 13.1. The van der Waals surface area contributed by atoms with Crippen molar-refractivity contribution in [1.82, 2.24) is 9.55 Å². The van der Waals surface area contributed by atoms with Gasteiger partial charge in [0.15, 0.2) is 11.6 Å². The van der Waals surface area contributed by atoms with Crippen LogP contribution in [-0.4, -0.2) is 21.1 Å². The van der Waals surface area contributed by atoms with Gasteiger partial charge in [0.2, 0.25) is 5.71 Å². The number of hydrogen-bond donors (Lipinski definition) is 0. The number of hydrogen-bond acceptors (Lipinski definition) is 4. The molecule has 3 aromatic carbocycles. The van der Waals surface area contributed by atoms with Crippen LogP contribution in [0.25, 0.3) is 34.3 Å². The summed E-state index contributed by atoms with van der Waals surface area (Å²) in [6.07, 6.45) is 1.58. The van der Waals surface area contributed by atoms with E-state index in [1.165, 1.54) is 0 Å². The number of carbonyl (C=O) groups excluding carboxylic acids is 2. The molecule has 2 heterocycles. The van der Waals surface area contributed by atoms with E-state index in [4.69, 9.17) is 4.42 Å². The summed E-state index contributed by atoms with van der Waals surface area (Å²) in [7, 11) is 0. The highest BCUT2D eigenvalue weighted by Gasteiger charge is 2.34. The largest absolute Gasteiger partial charge is 0.436 e. The number of nitrogens with zero attached hydrogens (tertiary/aromatic N) is 2. The van der Waals surface area contributed by atoms with E-state index < -0.39 is 0 Å². The van der Waals surface area contributed by atoms with Gasteiger partial charge < -0.3 is 4.42 Å². The van der Waals surface area contributed by atoms with Crippen molar-refractivity contribution in [3.63, 3.8) is 0 Å². The number of ketones is 2. The standard InChI is InChI=1S/C29H20N2O3/c1-17-13-21-22(14-18(17)2)28(33)23(27(21)32)15-26-30-29-24(31(26)20-11-7-4-8-12-20)16-25(34-29)19-9-5-3-6-10-19/h3-16H,1-2H3. The zero-order valence-corrected chi connectivity index (χ0v) is 18.7. The Kier molecular flexibility index (Phi) is 4.45. The van der Waals surface area contributed by atoms with Gasteiger partial charge in [-0.1, -0.05) is 48.5 Å². The zero-order chi connectivity index (χ0) is 23.4. The first-order chi connectivity index (χ1) is 16.5. The van der Waals surface area contributed by atoms with Gasteiger partial charge in [-0.25, -0.2) is 0 Å². The summed E-state index contributed by atoms with van der Waals surface area (Å²) in [6.45, 7) is 3.88. The number of rotatable bonds is 3. The van der Waals surface area contributed by atoms with Crippen molar-refractivity contribution in [1.29, 1.82) is 0 Å². The Morgan fingerprint density at radius 1 is 0.794 bits per heavy atom. The highest BCUT2D eigenvalue weighted by atomic mass is 16.3. The molecular formula is C29H20N2O3. The maximum atomic E-state index is 13.2. The van der Waals surface area contributed by atoms with E-state index in [2.05, 4.69) is 4.98 Å². The molecule has 5 aromatic rings. The SMILES string of the molecule is Cc1cc2c(cc1C)C(=O)C(=Cc1nc3oc(-c4ccccc4)cc3n1-c1ccccc1)C2=O. The quantitative estimate of drug-likeness (QED) is 0.240. The number of para-hydroxylation sites is 1. The van der Waals surface area contributed by atoms with Crippen molar-refractivity contribution < 1.29 is 14.0 Å². The summed E-state index contributed by atoms with van der Waals surface area (Å²) in [5, 5.41) is 0. The molecular weight excluding hydrogens is 424 g/mol. The molecule has 2 aromatic heterocycles. The molecule has 0 aliphatic heterocycles. The first-order valence-electron chi connectivity index (χ1n) is 11.1. The number of imidazole rings is 1. The Morgan fingerprint density at radius 3 is 2.00 bits per heavy atom. The predicted molar refractivity (Wildman–Crippen MR) is 131 cm³/mol. The van der Waals surface area contributed by atoms with Gasteiger partial charge in [0.1, 0.15) is 17.1 Å². The van der Waals surface area contributed by atoms with Gasteiger partial charge in [-0.15, -0.1) is 0 Å². The minimum Gasteiger partial charge on any atom is -0.436 e. The summed E-state index contributed by atoms with van der Waals surface area (Å²) < 4.78 is 7.99. The molecule has 0 spiro atoms. The number of benzene rings is 3. The molecule has 0 bridgehead atoms. The maximum Gasteiger partial charge on any atom is 0.246 e. The fourth-order valence-electron chi connectivity index (χ4n) is 4.42. The molecule has 164 valence electrons. The lowest BCUT2D eigenvalue weighted by Gasteiger charge is -2.06. The molecule has 6 rings (SSSR count). The van der Waals surface area contributed by atoms with E-state index in [9.17, 15) is 9.59 Å². The number of Topliss-reactive ketones (excluding diaryl/α,β-unsaturated/α-hetero) is 2. The van der Waals surface area contributed by atoms with Crippen molar-refractivity contribution in [2.24, 2.45) is 0 Å². The Labute approximate surface area is 196 Å². The molecule has 1 aliphatic rings. The van der Waals surface area contributed by atoms with Crippen LogP contribution in [0.1, 0.15) is 37.7 Å². The summed E-state index contributed by atoms with van der Waals surface area (Å²) in [6, 6.07) is 25.1. The molecule has 0 saturated carbocycles. The van der Waals surface area contributed by atoms with Gasteiger partial charge in [0.05, 0.1) is 5.57 Å². The number of carbonyl (C=O) groups is 2. The van der Waals surface area contributed by atoms with Crippen LogP contribution >= 0.6 is 0 Å². The maximum absolute atomic E-state index is 13.2. The molecule has 1 aliphatic carbocycles. The lowest BCUT2D eigenvalue weighted by Crippen LogP contribution is -2.03. The fraction of sp³-hybridized carbons (Fsp3) is 0.0690. The van der Waals surface area contributed by atoms with Crippen LogP contribution in [0.5, 0.6) is 0 Å². The van der Waals surface area contributed by atoms with E-state index in [1.807, 2.05) is 85.1 Å². The third kappa shape index (κ3) is 3.05. The predicted octanol–water partition coefficient (Wildman–Crippen LogP) is 6.36. The van der Waals surface area contributed by atoms with E-state index in [0.717, 1.165) is 27.9 Å². The molecule has 34 heavy (non-hydrogen) atoms. The van der Waals surface area contributed by atoms with Gasteiger partial charge in [-0.2, -0.15) is 4.98 Å². The van der Waals surface area contributed by atoms with Crippen molar-refractivity contribution in [2.45, 2.75) is 13.8 Å². The van der Waals surface area contributed by atoms with Gasteiger partial charge in [-0.3, -0.25) is 14.2 Å². The van der Waals surface area contributed by atoms with Crippen LogP contribution in [0.2, 0.25) is 0 Å². The number of aryl methyl sites for hydroxylation is 2. The van der Waals surface area contributed by atoms with E-state index in [-0.39, 0.29) is 17.1 Å². The molecule has 0 radical (unpaired) electrons. The topological polar surface area (TPSA) is 65.1 Å². The van der Waals surface area contributed by atoms with Crippen LogP contribution in [-0.2, 0) is 0 Å². The van der Waals surface area contributed by atoms with Crippen molar-refractivity contribution in [3.8, 4) is 17.0 Å². The van der Waals surface area contributed by atoms with Crippen LogP contribution in [0.3, 0.4) is 0 Å². The minimum atomic E-state index is -0.271.